The molecule has 1 atom stereocenters. The number of rotatable bonds is 4. The number of nitrogens with zero attached hydrogens (tertiary/aromatic N) is 4. The van der Waals surface area contributed by atoms with E-state index >= 15 is 0 Å². The third kappa shape index (κ3) is 3.60. The van der Waals surface area contributed by atoms with E-state index in [4.69, 9.17) is 16.3 Å². The second-order valence-electron chi connectivity index (χ2n) is 7.27. The van der Waals surface area contributed by atoms with Gasteiger partial charge < -0.3 is 20.3 Å². The first-order valence-corrected chi connectivity index (χ1v) is 10.2. The molecule has 3 heterocycles. The number of esters is 1. The van der Waals surface area contributed by atoms with Crippen LogP contribution < -0.4 is 15.5 Å². The van der Waals surface area contributed by atoms with Crippen LogP contribution in [0.25, 0.3) is 11.1 Å². The largest absolute Gasteiger partial charge is 0.464 e. The molecule has 0 saturated carbocycles. The molecule has 9 nitrogen and oxygen atoms in total. The zero-order valence-electron chi connectivity index (χ0n) is 17.9. The molecule has 1 aliphatic rings. The number of amides is 1. The maximum Gasteiger partial charge on any atom is 0.356 e. The summed E-state index contributed by atoms with van der Waals surface area (Å²) >= 11 is 6.04. The zero-order chi connectivity index (χ0) is 23.0. The van der Waals surface area contributed by atoms with E-state index in [0.717, 1.165) is 28.1 Å². The van der Waals surface area contributed by atoms with Gasteiger partial charge in [-0.1, -0.05) is 23.7 Å². The molecule has 0 saturated heterocycles. The van der Waals surface area contributed by atoms with Gasteiger partial charge >= 0.3 is 5.97 Å². The number of fused-ring (bicyclic) bond motifs is 3. The van der Waals surface area contributed by atoms with E-state index in [1.165, 1.54) is 14.2 Å². The van der Waals surface area contributed by atoms with E-state index in [1.807, 2.05) is 32.2 Å². The number of carbonyl (C=O) groups excluding carboxylic acids is 2. The van der Waals surface area contributed by atoms with Crippen LogP contribution in [0.3, 0.4) is 0 Å². The van der Waals surface area contributed by atoms with Crippen LogP contribution in [0.15, 0.2) is 36.5 Å². The molecule has 0 bridgehead atoms. The van der Waals surface area contributed by atoms with E-state index in [-0.39, 0.29) is 28.5 Å². The number of halogens is 1. The van der Waals surface area contributed by atoms with Gasteiger partial charge in [0.15, 0.2) is 10.8 Å². The van der Waals surface area contributed by atoms with Crippen LogP contribution in [0.4, 0.5) is 17.1 Å². The van der Waals surface area contributed by atoms with Gasteiger partial charge in [-0.25, -0.2) is 9.78 Å². The van der Waals surface area contributed by atoms with Crippen molar-refractivity contribution in [3.63, 3.8) is 0 Å². The minimum Gasteiger partial charge on any atom is -0.464 e. The van der Waals surface area contributed by atoms with Gasteiger partial charge in [0, 0.05) is 37.5 Å². The highest BCUT2D eigenvalue weighted by atomic mass is 35.5. The third-order valence-corrected chi connectivity index (χ3v) is 5.70. The molecule has 1 aromatic carbocycles. The number of hydrogen-bond donors (Lipinski definition) is 2. The summed E-state index contributed by atoms with van der Waals surface area (Å²) in [6.45, 7) is 2.04. The van der Waals surface area contributed by atoms with Crippen LogP contribution in [0.5, 0.6) is 0 Å². The molecule has 0 radical (unpaired) electrons. The van der Waals surface area contributed by atoms with Crippen LogP contribution in [0.1, 0.15) is 39.5 Å². The lowest BCUT2D eigenvalue weighted by Crippen LogP contribution is -2.28. The summed E-state index contributed by atoms with van der Waals surface area (Å²) in [6, 6.07) is 9.07. The summed E-state index contributed by atoms with van der Waals surface area (Å²) in [5.74, 6) is -0.860. The fourth-order valence-corrected chi connectivity index (χ4v) is 3.94. The maximum absolute atomic E-state index is 12.3. The molecule has 4 rings (SSSR count). The van der Waals surface area contributed by atoms with Crippen LogP contribution in [0, 0.1) is 0 Å². The van der Waals surface area contributed by atoms with Gasteiger partial charge in [0.25, 0.3) is 5.91 Å². The van der Waals surface area contributed by atoms with E-state index in [9.17, 15) is 9.59 Å². The van der Waals surface area contributed by atoms with Crippen molar-refractivity contribution < 1.29 is 14.3 Å². The summed E-state index contributed by atoms with van der Waals surface area (Å²) in [6.07, 6.45) is 1.69. The van der Waals surface area contributed by atoms with Crippen LogP contribution >= 0.6 is 11.6 Å². The molecule has 0 spiro atoms. The minimum absolute atomic E-state index is 0.0515. The molecule has 1 amide bonds. The molecule has 1 aliphatic heterocycles. The van der Waals surface area contributed by atoms with Gasteiger partial charge in [0.05, 0.1) is 30.2 Å². The summed E-state index contributed by atoms with van der Waals surface area (Å²) in [5, 5.41) is 13.7. The molecule has 3 aromatic rings. The quantitative estimate of drug-likeness (QED) is 0.578. The fraction of sp³-hybridized carbons (Fsp3) is 0.227. The second kappa shape index (κ2) is 8.43. The number of para-hydroxylation sites is 1. The van der Waals surface area contributed by atoms with E-state index < -0.39 is 5.97 Å². The van der Waals surface area contributed by atoms with E-state index in [0.29, 0.717) is 5.69 Å². The highest BCUT2D eigenvalue weighted by molar-refractivity contribution is 6.29. The van der Waals surface area contributed by atoms with Gasteiger partial charge in [-0.3, -0.25) is 4.79 Å². The van der Waals surface area contributed by atoms with Crippen molar-refractivity contribution in [1.82, 2.24) is 20.5 Å². The van der Waals surface area contributed by atoms with E-state index in [2.05, 4.69) is 30.7 Å². The van der Waals surface area contributed by atoms with Crippen molar-refractivity contribution in [2.24, 2.45) is 0 Å². The number of anilines is 3. The Bertz CT molecular complexity index is 1230. The summed E-state index contributed by atoms with van der Waals surface area (Å²) in [5.41, 5.74) is 5.31. The first kappa shape index (κ1) is 21.5. The number of benzene rings is 1. The Hall–Kier alpha value is -3.72. The minimum atomic E-state index is -0.479. The molecule has 1 unspecified atom stereocenters. The average Bonchev–Trinajstić information content (AvgIpc) is 2.81. The maximum atomic E-state index is 12.3. The molecule has 32 heavy (non-hydrogen) atoms. The molecular formula is C22H21ClN6O3. The average molecular weight is 453 g/mol. The van der Waals surface area contributed by atoms with Gasteiger partial charge in [-0.15, -0.1) is 10.2 Å². The lowest BCUT2D eigenvalue weighted by atomic mass is 9.89. The highest BCUT2D eigenvalue weighted by Gasteiger charge is 2.30. The number of aromatic nitrogens is 3. The summed E-state index contributed by atoms with van der Waals surface area (Å²) in [7, 11) is 4.82. The number of pyridine rings is 1. The SMILES string of the molecule is CNC(=O)c1nnc(Cl)cc1Nc1cccc2c1N(C)C(C)c1cc(C(=O)OC)ncc1-2. The number of carbonyl (C=O) groups is 2. The Morgan fingerprint density at radius 2 is 1.94 bits per heavy atom. The van der Waals surface area contributed by atoms with Gasteiger partial charge in [-0.05, 0) is 24.6 Å². The Balaban J connectivity index is 1.84. The van der Waals surface area contributed by atoms with Crippen molar-refractivity contribution in [2.45, 2.75) is 13.0 Å². The molecule has 2 aromatic heterocycles. The summed E-state index contributed by atoms with van der Waals surface area (Å²) in [4.78, 5) is 30.6. The van der Waals surface area contributed by atoms with Crippen LogP contribution in [0.2, 0.25) is 5.15 Å². The topological polar surface area (TPSA) is 109 Å². The van der Waals surface area contributed by atoms with Gasteiger partial charge in [-0.2, -0.15) is 0 Å². The van der Waals surface area contributed by atoms with Crippen molar-refractivity contribution in [3.8, 4) is 11.1 Å². The highest BCUT2D eigenvalue weighted by Crippen LogP contribution is 2.47. The van der Waals surface area contributed by atoms with Crippen molar-refractivity contribution in [3.05, 3.63) is 58.6 Å². The monoisotopic (exact) mass is 452 g/mol. The predicted molar refractivity (Wildman–Crippen MR) is 122 cm³/mol. The smallest absolute Gasteiger partial charge is 0.356 e. The summed E-state index contributed by atoms with van der Waals surface area (Å²) < 4.78 is 4.81. The first-order valence-electron chi connectivity index (χ1n) is 9.82. The molecule has 10 heteroatoms. The Kier molecular flexibility index (Phi) is 5.67. The molecule has 0 fully saturated rings. The lowest BCUT2D eigenvalue weighted by molar-refractivity contribution is 0.0593. The number of ether oxygens (including phenoxy) is 1. The van der Waals surface area contributed by atoms with Crippen LogP contribution in [-0.2, 0) is 4.74 Å². The third-order valence-electron chi connectivity index (χ3n) is 5.52. The number of hydrogen-bond acceptors (Lipinski definition) is 8. The standard InChI is InChI=1S/C22H21ClN6O3/c1-11-13-8-17(22(31)32-4)25-10-14(13)12-6-5-7-15(20(12)29(11)3)26-16-9-18(23)27-28-19(16)21(30)24-2/h5-11H,1-4H3,(H,24,30)(H,26,27). The van der Waals surface area contributed by atoms with Crippen molar-refractivity contribution in [2.75, 3.05) is 31.4 Å². The predicted octanol–water partition coefficient (Wildman–Crippen LogP) is 3.59. The van der Waals surface area contributed by atoms with Crippen LogP contribution in [-0.4, -0.2) is 48.3 Å². The fourth-order valence-electron chi connectivity index (χ4n) is 3.80. The second-order valence-corrected chi connectivity index (χ2v) is 7.66. The number of methoxy groups -OCH3 is 1. The first-order chi connectivity index (χ1) is 15.3. The molecule has 2 N–H and O–H groups in total. The Morgan fingerprint density at radius 1 is 1.16 bits per heavy atom. The van der Waals surface area contributed by atoms with E-state index in [1.54, 1.807) is 18.3 Å². The van der Waals surface area contributed by atoms with Gasteiger partial charge in [0.1, 0.15) is 5.69 Å². The molecule has 0 aliphatic carbocycles. The normalized spacial score (nSPS) is 14.3. The van der Waals surface area contributed by atoms with Crippen molar-refractivity contribution in [1.29, 1.82) is 0 Å². The Labute approximate surface area is 189 Å². The van der Waals surface area contributed by atoms with Gasteiger partial charge in [0.2, 0.25) is 0 Å². The number of nitrogens with one attached hydrogen (secondary N) is 2. The molecular weight excluding hydrogens is 432 g/mol. The Morgan fingerprint density at radius 3 is 2.66 bits per heavy atom. The van der Waals surface area contributed by atoms with Crippen molar-refractivity contribution >= 4 is 40.5 Å². The molecule has 164 valence electrons. The lowest BCUT2D eigenvalue weighted by Gasteiger charge is -2.37. The zero-order valence-corrected chi connectivity index (χ0v) is 18.7.